The van der Waals surface area contributed by atoms with Crippen molar-refractivity contribution < 1.29 is 9.53 Å². The van der Waals surface area contributed by atoms with Gasteiger partial charge in [-0.2, -0.15) is 5.10 Å². The first-order valence-electron chi connectivity index (χ1n) is 8.91. The van der Waals surface area contributed by atoms with Crippen LogP contribution in [0.4, 0.5) is 5.82 Å². The van der Waals surface area contributed by atoms with Gasteiger partial charge in [0.25, 0.3) is 0 Å². The van der Waals surface area contributed by atoms with E-state index < -0.39 is 5.41 Å². The summed E-state index contributed by atoms with van der Waals surface area (Å²) in [5, 5.41) is 7.75. The Bertz CT molecular complexity index is 933. The molecule has 5 nitrogen and oxygen atoms in total. The molecule has 0 saturated carbocycles. The van der Waals surface area contributed by atoms with E-state index in [2.05, 4.69) is 5.32 Å². The Morgan fingerprint density at radius 2 is 1.67 bits per heavy atom. The van der Waals surface area contributed by atoms with Gasteiger partial charge in [0.05, 0.1) is 18.5 Å². The predicted octanol–water partition coefficient (Wildman–Crippen LogP) is 4.84. The SMILES string of the molecule is COc1ccc(-c2cc(NC(=O)C(C)(C)C)n(-c3ccc(C)cc3)n2)cc1. The van der Waals surface area contributed by atoms with Crippen molar-refractivity contribution in [2.45, 2.75) is 27.7 Å². The number of aryl methyl sites for hydroxylation is 1. The number of ether oxygens (including phenoxy) is 1. The fourth-order valence-electron chi connectivity index (χ4n) is 2.56. The normalized spacial score (nSPS) is 11.3. The van der Waals surface area contributed by atoms with E-state index in [4.69, 9.17) is 9.84 Å². The van der Waals surface area contributed by atoms with Crippen molar-refractivity contribution in [3.05, 3.63) is 60.2 Å². The molecule has 0 fully saturated rings. The van der Waals surface area contributed by atoms with Crippen LogP contribution in [0, 0.1) is 12.3 Å². The summed E-state index contributed by atoms with van der Waals surface area (Å²) < 4.78 is 6.99. The summed E-state index contributed by atoms with van der Waals surface area (Å²) in [5.41, 5.74) is 3.30. The Kier molecular flexibility index (Phi) is 5.04. The van der Waals surface area contributed by atoms with Crippen LogP contribution in [0.3, 0.4) is 0 Å². The summed E-state index contributed by atoms with van der Waals surface area (Å²) in [5.74, 6) is 1.37. The number of nitrogens with zero attached hydrogens (tertiary/aromatic N) is 2. The number of methoxy groups -OCH3 is 1. The van der Waals surface area contributed by atoms with Crippen LogP contribution >= 0.6 is 0 Å². The van der Waals surface area contributed by atoms with Gasteiger partial charge in [-0.1, -0.05) is 38.5 Å². The van der Waals surface area contributed by atoms with Crippen molar-refractivity contribution >= 4 is 11.7 Å². The van der Waals surface area contributed by atoms with E-state index in [1.165, 1.54) is 5.56 Å². The summed E-state index contributed by atoms with van der Waals surface area (Å²) in [4.78, 5) is 12.5. The molecule has 2 aromatic carbocycles. The number of amides is 1. The fraction of sp³-hybridized carbons (Fsp3) is 0.273. The maximum atomic E-state index is 12.5. The van der Waals surface area contributed by atoms with Crippen molar-refractivity contribution in [1.82, 2.24) is 9.78 Å². The highest BCUT2D eigenvalue weighted by Gasteiger charge is 2.23. The molecule has 3 aromatic rings. The first-order chi connectivity index (χ1) is 12.8. The van der Waals surface area contributed by atoms with E-state index in [0.717, 1.165) is 22.7 Å². The Hall–Kier alpha value is -3.08. The van der Waals surface area contributed by atoms with E-state index in [9.17, 15) is 4.79 Å². The van der Waals surface area contributed by atoms with Crippen LogP contribution in [0.15, 0.2) is 54.6 Å². The molecule has 0 unspecified atom stereocenters. The van der Waals surface area contributed by atoms with Gasteiger partial charge in [0.1, 0.15) is 11.6 Å². The Labute approximate surface area is 160 Å². The minimum Gasteiger partial charge on any atom is -0.497 e. The first-order valence-corrected chi connectivity index (χ1v) is 8.91. The van der Waals surface area contributed by atoms with Gasteiger partial charge >= 0.3 is 0 Å². The number of hydrogen-bond donors (Lipinski definition) is 1. The van der Waals surface area contributed by atoms with Crippen molar-refractivity contribution in [3.63, 3.8) is 0 Å². The molecule has 0 radical (unpaired) electrons. The summed E-state index contributed by atoms with van der Waals surface area (Å²) >= 11 is 0. The number of anilines is 1. The van der Waals surface area contributed by atoms with Crippen LogP contribution < -0.4 is 10.1 Å². The summed E-state index contributed by atoms with van der Waals surface area (Å²) in [7, 11) is 1.64. The number of nitrogens with one attached hydrogen (secondary N) is 1. The number of carbonyl (C=O) groups excluding carboxylic acids is 1. The second-order valence-corrected chi connectivity index (χ2v) is 7.59. The predicted molar refractivity (Wildman–Crippen MR) is 108 cm³/mol. The highest BCUT2D eigenvalue weighted by Crippen LogP contribution is 2.27. The number of hydrogen-bond acceptors (Lipinski definition) is 3. The molecule has 3 rings (SSSR count). The van der Waals surface area contributed by atoms with Crippen LogP contribution in [-0.2, 0) is 4.79 Å². The zero-order chi connectivity index (χ0) is 19.6. The number of rotatable bonds is 4. The van der Waals surface area contributed by atoms with Gasteiger partial charge in [-0.15, -0.1) is 0 Å². The smallest absolute Gasteiger partial charge is 0.230 e. The van der Waals surface area contributed by atoms with E-state index in [-0.39, 0.29) is 5.91 Å². The van der Waals surface area contributed by atoms with Crippen molar-refractivity contribution in [2.24, 2.45) is 5.41 Å². The molecule has 140 valence electrons. The number of benzene rings is 2. The number of carbonyl (C=O) groups is 1. The summed E-state index contributed by atoms with van der Waals surface area (Å²) in [6.07, 6.45) is 0. The van der Waals surface area contributed by atoms with Crippen LogP contribution in [0.1, 0.15) is 26.3 Å². The average molecular weight is 363 g/mol. The van der Waals surface area contributed by atoms with E-state index in [1.54, 1.807) is 11.8 Å². The zero-order valence-corrected chi connectivity index (χ0v) is 16.4. The minimum absolute atomic E-state index is 0.0583. The Balaban J connectivity index is 2.04. The Morgan fingerprint density at radius 3 is 2.22 bits per heavy atom. The van der Waals surface area contributed by atoms with Gasteiger partial charge in [-0.25, -0.2) is 4.68 Å². The third kappa shape index (κ3) is 4.19. The molecular formula is C22H25N3O2. The molecule has 0 spiro atoms. The largest absolute Gasteiger partial charge is 0.497 e. The molecule has 1 N–H and O–H groups in total. The lowest BCUT2D eigenvalue weighted by molar-refractivity contribution is -0.123. The number of aromatic nitrogens is 2. The lowest BCUT2D eigenvalue weighted by Crippen LogP contribution is -2.28. The molecule has 0 bridgehead atoms. The fourth-order valence-corrected chi connectivity index (χ4v) is 2.56. The second kappa shape index (κ2) is 7.27. The summed E-state index contributed by atoms with van der Waals surface area (Å²) in [6, 6.07) is 17.6. The van der Waals surface area contributed by atoms with Crippen molar-refractivity contribution in [1.29, 1.82) is 0 Å². The highest BCUT2D eigenvalue weighted by atomic mass is 16.5. The van der Waals surface area contributed by atoms with Gasteiger partial charge in [0.2, 0.25) is 5.91 Å². The third-order valence-electron chi connectivity index (χ3n) is 4.30. The average Bonchev–Trinajstić information content (AvgIpc) is 3.05. The first kappa shape index (κ1) is 18.7. The topological polar surface area (TPSA) is 56.1 Å². The van der Waals surface area contributed by atoms with Gasteiger partial charge in [-0.05, 0) is 43.3 Å². The lowest BCUT2D eigenvalue weighted by Gasteiger charge is -2.18. The lowest BCUT2D eigenvalue weighted by atomic mass is 9.96. The molecule has 5 heteroatoms. The molecule has 1 amide bonds. The maximum Gasteiger partial charge on any atom is 0.230 e. The van der Waals surface area contributed by atoms with Gasteiger partial charge in [0.15, 0.2) is 0 Å². The molecular weight excluding hydrogens is 338 g/mol. The molecule has 0 aliphatic heterocycles. The van der Waals surface area contributed by atoms with Gasteiger partial charge in [-0.3, -0.25) is 4.79 Å². The molecule has 1 aromatic heterocycles. The minimum atomic E-state index is -0.497. The van der Waals surface area contributed by atoms with E-state index >= 15 is 0 Å². The van der Waals surface area contributed by atoms with Crippen LogP contribution in [0.25, 0.3) is 16.9 Å². The van der Waals surface area contributed by atoms with Crippen LogP contribution in [0.5, 0.6) is 5.75 Å². The molecule has 27 heavy (non-hydrogen) atoms. The Morgan fingerprint density at radius 1 is 1.04 bits per heavy atom. The van der Waals surface area contributed by atoms with Gasteiger partial charge in [0, 0.05) is 17.0 Å². The quantitative estimate of drug-likeness (QED) is 0.721. The molecule has 0 saturated heterocycles. The van der Waals surface area contributed by atoms with Crippen molar-refractivity contribution in [2.75, 3.05) is 12.4 Å². The van der Waals surface area contributed by atoms with Crippen LogP contribution in [-0.4, -0.2) is 22.8 Å². The maximum absolute atomic E-state index is 12.5. The monoisotopic (exact) mass is 363 g/mol. The van der Waals surface area contributed by atoms with Crippen LogP contribution in [0.2, 0.25) is 0 Å². The van der Waals surface area contributed by atoms with Crippen molar-refractivity contribution in [3.8, 4) is 22.7 Å². The van der Waals surface area contributed by atoms with Gasteiger partial charge < -0.3 is 10.1 Å². The van der Waals surface area contributed by atoms with E-state index in [0.29, 0.717) is 5.82 Å². The zero-order valence-electron chi connectivity index (χ0n) is 16.4. The van der Waals surface area contributed by atoms with E-state index in [1.807, 2.05) is 82.3 Å². The highest BCUT2D eigenvalue weighted by molar-refractivity contribution is 5.94. The second-order valence-electron chi connectivity index (χ2n) is 7.59. The molecule has 0 atom stereocenters. The molecule has 1 heterocycles. The standard InChI is InChI=1S/C22H25N3O2/c1-15-6-10-17(11-7-15)25-20(23-21(26)22(2,3)4)14-19(24-25)16-8-12-18(27-5)13-9-16/h6-14H,1-5H3,(H,23,26). The molecule has 0 aliphatic carbocycles. The third-order valence-corrected chi connectivity index (χ3v) is 4.30. The summed E-state index contributed by atoms with van der Waals surface area (Å²) in [6.45, 7) is 7.70. The molecule has 0 aliphatic rings.